The van der Waals surface area contributed by atoms with E-state index in [1.165, 1.54) is 16.3 Å². The largest absolute Gasteiger partial charge is 0.370 e. The monoisotopic (exact) mass is 294 g/mol. The first-order valence-corrected chi connectivity index (χ1v) is 7.13. The lowest BCUT2D eigenvalue weighted by Gasteiger charge is -2.03. The first-order chi connectivity index (χ1) is 10.7. The van der Waals surface area contributed by atoms with E-state index in [1.54, 1.807) is 0 Å². The number of hydrogen-bond acceptors (Lipinski definition) is 3. The third-order valence-electron chi connectivity index (χ3n) is 3.41. The van der Waals surface area contributed by atoms with Crippen LogP contribution >= 0.6 is 0 Å². The predicted octanol–water partition coefficient (Wildman–Crippen LogP) is 1.30. The smallest absolute Gasteiger partial charge is 0.185 e. The van der Waals surface area contributed by atoms with Crippen molar-refractivity contribution in [2.45, 2.75) is 13.0 Å². The fourth-order valence-electron chi connectivity index (χ4n) is 2.35. The Hall–Kier alpha value is -2.89. The molecule has 3 aromatic rings. The summed E-state index contributed by atoms with van der Waals surface area (Å²) in [7, 11) is 0. The molecule has 0 saturated heterocycles. The van der Waals surface area contributed by atoms with Gasteiger partial charge in [-0.15, -0.1) is 5.10 Å². The van der Waals surface area contributed by atoms with Crippen molar-refractivity contribution in [3.8, 4) is 0 Å². The van der Waals surface area contributed by atoms with E-state index in [4.69, 9.17) is 11.5 Å². The van der Waals surface area contributed by atoms with Crippen LogP contribution in [0.2, 0.25) is 0 Å². The first-order valence-electron chi connectivity index (χ1n) is 7.13. The number of aliphatic imine (C=N–C) groups is 1. The van der Waals surface area contributed by atoms with Crippen LogP contribution in [-0.2, 0) is 13.0 Å². The number of benzene rings is 2. The summed E-state index contributed by atoms with van der Waals surface area (Å²) in [5, 5.41) is 10.7. The van der Waals surface area contributed by atoms with Gasteiger partial charge in [-0.1, -0.05) is 41.6 Å². The van der Waals surface area contributed by atoms with Crippen molar-refractivity contribution in [2.24, 2.45) is 16.5 Å². The molecule has 0 saturated carbocycles. The van der Waals surface area contributed by atoms with Crippen LogP contribution in [0.4, 0.5) is 0 Å². The zero-order valence-corrected chi connectivity index (χ0v) is 12.2. The first kappa shape index (κ1) is 14.1. The predicted molar refractivity (Wildman–Crippen MR) is 87.5 cm³/mol. The minimum absolute atomic E-state index is 0.101. The molecule has 4 N–H and O–H groups in total. The molecule has 0 unspecified atom stereocenters. The Morgan fingerprint density at radius 2 is 1.91 bits per heavy atom. The maximum Gasteiger partial charge on any atom is 0.185 e. The van der Waals surface area contributed by atoms with E-state index in [1.807, 2.05) is 23.0 Å². The molecule has 2 aromatic carbocycles. The summed E-state index contributed by atoms with van der Waals surface area (Å²) in [6, 6.07) is 14.7. The SMILES string of the molecule is NC(N)=NCCc1cn(Cc2ccc3ccccc3c2)nn1. The molecular weight excluding hydrogens is 276 g/mol. The number of aromatic nitrogens is 3. The maximum absolute atomic E-state index is 5.30. The van der Waals surface area contributed by atoms with Crippen molar-refractivity contribution in [1.29, 1.82) is 0 Å². The molecule has 3 rings (SSSR count). The van der Waals surface area contributed by atoms with E-state index in [0.29, 0.717) is 19.5 Å². The number of guanidine groups is 1. The lowest BCUT2D eigenvalue weighted by molar-refractivity contribution is 0.649. The average molecular weight is 294 g/mol. The molecule has 1 aromatic heterocycles. The van der Waals surface area contributed by atoms with Gasteiger partial charge in [-0.2, -0.15) is 0 Å². The summed E-state index contributed by atoms with van der Waals surface area (Å²) < 4.78 is 1.83. The van der Waals surface area contributed by atoms with Crippen LogP contribution < -0.4 is 11.5 Å². The van der Waals surface area contributed by atoms with Crippen LogP contribution in [0.1, 0.15) is 11.3 Å². The standard InChI is InChI=1S/C16H18N6/c17-16(18)19-8-7-15-11-22(21-20-15)10-12-5-6-13-3-1-2-4-14(13)9-12/h1-6,9,11H,7-8,10H2,(H4,17,18,19). The number of nitrogens with zero attached hydrogens (tertiary/aromatic N) is 4. The molecule has 0 amide bonds. The Bertz CT molecular complexity index is 801. The quantitative estimate of drug-likeness (QED) is 0.547. The summed E-state index contributed by atoms with van der Waals surface area (Å²) in [4.78, 5) is 3.94. The van der Waals surface area contributed by atoms with Gasteiger partial charge in [-0.25, -0.2) is 4.68 Å². The van der Waals surface area contributed by atoms with E-state index in [9.17, 15) is 0 Å². The van der Waals surface area contributed by atoms with Crippen LogP contribution in [0.3, 0.4) is 0 Å². The molecule has 1 heterocycles. The van der Waals surface area contributed by atoms with Crippen LogP contribution in [0.15, 0.2) is 53.7 Å². The fraction of sp³-hybridized carbons (Fsp3) is 0.188. The lowest BCUT2D eigenvalue weighted by atomic mass is 10.1. The zero-order valence-electron chi connectivity index (χ0n) is 12.2. The molecule has 6 nitrogen and oxygen atoms in total. The molecule has 0 aliphatic rings. The van der Waals surface area contributed by atoms with Gasteiger partial charge < -0.3 is 11.5 Å². The second kappa shape index (κ2) is 6.26. The normalized spacial score (nSPS) is 10.7. The van der Waals surface area contributed by atoms with E-state index >= 15 is 0 Å². The highest BCUT2D eigenvalue weighted by Crippen LogP contribution is 2.16. The fourth-order valence-corrected chi connectivity index (χ4v) is 2.35. The average Bonchev–Trinajstić information content (AvgIpc) is 2.94. The number of rotatable bonds is 5. The topological polar surface area (TPSA) is 95.1 Å². The summed E-state index contributed by atoms with van der Waals surface area (Å²) in [5.74, 6) is 0.101. The third kappa shape index (κ3) is 3.41. The summed E-state index contributed by atoms with van der Waals surface area (Å²) >= 11 is 0. The Morgan fingerprint density at radius 1 is 1.09 bits per heavy atom. The molecule has 0 bridgehead atoms. The molecule has 0 spiro atoms. The number of fused-ring (bicyclic) bond motifs is 1. The van der Waals surface area contributed by atoms with E-state index < -0.39 is 0 Å². The molecule has 0 radical (unpaired) electrons. The van der Waals surface area contributed by atoms with Gasteiger partial charge in [0.1, 0.15) is 0 Å². The van der Waals surface area contributed by atoms with Gasteiger partial charge in [0.2, 0.25) is 0 Å². The lowest BCUT2D eigenvalue weighted by Crippen LogP contribution is -2.23. The van der Waals surface area contributed by atoms with Gasteiger partial charge in [0.15, 0.2) is 5.96 Å². The zero-order chi connectivity index (χ0) is 15.4. The molecule has 0 fully saturated rings. The van der Waals surface area contributed by atoms with E-state index in [-0.39, 0.29) is 5.96 Å². The number of hydrogen-bond donors (Lipinski definition) is 2. The van der Waals surface area contributed by atoms with E-state index in [2.05, 4.69) is 45.6 Å². The van der Waals surface area contributed by atoms with Crippen LogP contribution in [0.25, 0.3) is 10.8 Å². The van der Waals surface area contributed by atoms with Crippen LogP contribution in [0.5, 0.6) is 0 Å². The molecule has 112 valence electrons. The molecule has 0 aliphatic carbocycles. The van der Waals surface area contributed by atoms with Crippen molar-refractivity contribution >= 4 is 16.7 Å². The highest BCUT2D eigenvalue weighted by molar-refractivity contribution is 5.82. The third-order valence-corrected chi connectivity index (χ3v) is 3.41. The van der Waals surface area contributed by atoms with Gasteiger partial charge in [0.25, 0.3) is 0 Å². The van der Waals surface area contributed by atoms with Gasteiger partial charge in [0, 0.05) is 19.2 Å². The maximum atomic E-state index is 5.30. The van der Waals surface area contributed by atoms with Gasteiger partial charge in [0.05, 0.1) is 12.2 Å². The van der Waals surface area contributed by atoms with Crippen LogP contribution in [-0.4, -0.2) is 27.5 Å². The Labute approximate surface area is 128 Å². The summed E-state index contributed by atoms with van der Waals surface area (Å²) in [5.41, 5.74) is 12.7. The minimum Gasteiger partial charge on any atom is -0.370 e. The molecule has 0 aliphatic heterocycles. The second-order valence-electron chi connectivity index (χ2n) is 5.15. The van der Waals surface area contributed by atoms with Crippen molar-refractivity contribution in [1.82, 2.24) is 15.0 Å². The Balaban J connectivity index is 1.69. The van der Waals surface area contributed by atoms with Gasteiger partial charge in [-0.05, 0) is 22.4 Å². The Morgan fingerprint density at radius 3 is 2.73 bits per heavy atom. The molecule has 22 heavy (non-hydrogen) atoms. The van der Waals surface area contributed by atoms with Crippen LogP contribution in [0, 0.1) is 0 Å². The second-order valence-corrected chi connectivity index (χ2v) is 5.15. The van der Waals surface area contributed by atoms with Gasteiger partial charge in [-0.3, -0.25) is 4.99 Å². The summed E-state index contributed by atoms with van der Waals surface area (Å²) in [6.07, 6.45) is 2.60. The molecule has 0 atom stereocenters. The van der Waals surface area contributed by atoms with Gasteiger partial charge >= 0.3 is 0 Å². The van der Waals surface area contributed by atoms with Crippen molar-refractivity contribution in [3.05, 3.63) is 59.9 Å². The minimum atomic E-state index is 0.101. The summed E-state index contributed by atoms with van der Waals surface area (Å²) in [6.45, 7) is 1.22. The molecule has 6 heteroatoms. The highest BCUT2D eigenvalue weighted by atomic mass is 15.4. The Kier molecular flexibility index (Phi) is 4.00. The van der Waals surface area contributed by atoms with Crippen molar-refractivity contribution < 1.29 is 0 Å². The molecular formula is C16H18N6. The number of nitrogens with two attached hydrogens (primary N) is 2. The highest BCUT2D eigenvalue weighted by Gasteiger charge is 2.02. The van der Waals surface area contributed by atoms with Crippen molar-refractivity contribution in [3.63, 3.8) is 0 Å². The van der Waals surface area contributed by atoms with E-state index in [0.717, 1.165) is 5.69 Å². The van der Waals surface area contributed by atoms with Crippen molar-refractivity contribution in [2.75, 3.05) is 6.54 Å².